The highest BCUT2D eigenvalue weighted by Crippen LogP contribution is 2.36. The van der Waals surface area contributed by atoms with Crippen molar-refractivity contribution in [2.45, 2.75) is 139 Å². The lowest BCUT2D eigenvalue weighted by molar-refractivity contribution is -0.192. The summed E-state index contributed by atoms with van der Waals surface area (Å²) in [5.74, 6) is -1.87. The standard InChI is InChI=1S/C31H58O6.CO2/c1-9-25(27(32)35-10-2)30(5,6)23-21-19-17-15-13-14-16-18-20-22-24-31(7,8)26(28(33)36-11-3)29(34)37-12-4;2-1-3/h25-26H,9-24H2,1-8H3;. The summed E-state index contributed by atoms with van der Waals surface area (Å²) in [7, 11) is 0. The Morgan fingerprint density at radius 3 is 1.18 bits per heavy atom. The number of carbonyl (C=O) groups is 3. The molecule has 0 saturated heterocycles. The summed E-state index contributed by atoms with van der Waals surface area (Å²) in [4.78, 5) is 53.3. The van der Waals surface area contributed by atoms with Crippen molar-refractivity contribution in [3.8, 4) is 0 Å². The topological polar surface area (TPSA) is 113 Å². The lowest BCUT2D eigenvalue weighted by atomic mass is 9.73. The van der Waals surface area contributed by atoms with Gasteiger partial charge in [-0.25, -0.2) is 0 Å². The van der Waals surface area contributed by atoms with E-state index in [-0.39, 0.29) is 36.7 Å². The van der Waals surface area contributed by atoms with E-state index in [1.165, 1.54) is 44.9 Å². The highest BCUT2D eigenvalue weighted by Gasteiger charge is 2.42. The van der Waals surface area contributed by atoms with Crippen molar-refractivity contribution < 1.29 is 38.2 Å². The van der Waals surface area contributed by atoms with E-state index in [0.29, 0.717) is 6.61 Å². The smallest absolute Gasteiger partial charge is 0.373 e. The predicted octanol–water partition coefficient (Wildman–Crippen LogP) is 7.47. The number of hydrogen-bond donors (Lipinski definition) is 0. The molecule has 0 aromatic rings. The van der Waals surface area contributed by atoms with Crippen molar-refractivity contribution in [1.82, 2.24) is 0 Å². The Hall–Kier alpha value is -2.21. The summed E-state index contributed by atoms with van der Waals surface area (Å²) < 4.78 is 15.6. The lowest BCUT2D eigenvalue weighted by Crippen LogP contribution is -2.39. The molecule has 0 aromatic heterocycles. The molecule has 0 aliphatic carbocycles. The van der Waals surface area contributed by atoms with Crippen molar-refractivity contribution in [3.05, 3.63) is 0 Å². The van der Waals surface area contributed by atoms with Crippen LogP contribution >= 0.6 is 0 Å². The first-order valence-corrected chi connectivity index (χ1v) is 15.4. The number of unbranched alkanes of at least 4 members (excludes halogenated alkanes) is 9. The highest BCUT2D eigenvalue weighted by molar-refractivity contribution is 5.95. The second-order valence-electron chi connectivity index (χ2n) is 11.7. The van der Waals surface area contributed by atoms with Crippen LogP contribution in [0.5, 0.6) is 0 Å². The van der Waals surface area contributed by atoms with Crippen LogP contribution in [0.3, 0.4) is 0 Å². The van der Waals surface area contributed by atoms with Crippen LogP contribution in [0.4, 0.5) is 0 Å². The lowest BCUT2D eigenvalue weighted by Gasteiger charge is -2.32. The van der Waals surface area contributed by atoms with Crippen LogP contribution in [0, 0.1) is 22.7 Å². The summed E-state index contributed by atoms with van der Waals surface area (Å²) in [5, 5.41) is 0. The average molecular weight is 571 g/mol. The number of carbonyl (C=O) groups excluding carboxylic acids is 5. The molecule has 0 N–H and O–H groups in total. The summed E-state index contributed by atoms with van der Waals surface area (Å²) in [6.07, 6.45) is 14.9. The zero-order valence-corrected chi connectivity index (χ0v) is 26.7. The van der Waals surface area contributed by atoms with E-state index in [1.54, 1.807) is 13.8 Å². The van der Waals surface area contributed by atoms with Crippen molar-refractivity contribution >= 4 is 24.1 Å². The molecular formula is C32H58O8. The van der Waals surface area contributed by atoms with Crippen LogP contribution < -0.4 is 0 Å². The van der Waals surface area contributed by atoms with Crippen LogP contribution in [0.2, 0.25) is 0 Å². The minimum absolute atomic E-state index is 0.0117. The second-order valence-corrected chi connectivity index (χ2v) is 11.7. The average Bonchev–Trinajstić information content (AvgIpc) is 2.85. The molecule has 8 nitrogen and oxygen atoms in total. The van der Waals surface area contributed by atoms with Crippen LogP contribution in [0.25, 0.3) is 0 Å². The van der Waals surface area contributed by atoms with Crippen LogP contribution in [-0.4, -0.2) is 43.9 Å². The van der Waals surface area contributed by atoms with E-state index in [4.69, 9.17) is 23.8 Å². The third-order valence-electron chi connectivity index (χ3n) is 7.64. The van der Waals surface area contributed by atoms with Gasteiger partial charge < -0.3 is 14.2 Å². The highest BCUT2D eigenvalue weighted by atomic mass is 16.6. The van der Waals surface area contributed by atoms with E-state index in [9.17, 15) is 14.4 Å². The molecule has 0 spiro atoms. The maximum atomic E-state index is 12.4. The molecule has 0 bridgehead atoms. The summed E-state index contributed by atoms with van der Waals surface area (Å²) >= 11 is 0. The summed E-state index contributed by atoms with van der Waals surface area (Å²) in [6.45, 7) is 16.8. The Labute approximate surface area is 243 Å². The summed E-state index contributed by atoms with van der Waals surface area (Å²) in [5.41, 5.74) is -0.497. The minimum Gasteiger partial charge on any atom is -0.466 e. The first-order valence-electron chi connectivity index (χ1n) is 15.4. The van der Waals surface area contributed by atoms with Gasteiger partial charge in [0.15, 0.2) is 5.92 Å². The molecule has 0 saturated carbocycles. The van der Waals surface area contributed by atoms with Gasteiger partial charge in [0.05, 0.1) is 25.7 Å². The van der Waals surface area contributed by atoms with Gasteiger partial charge in [-0.3, -0.25) is 14.4 Å². The van der Waals surface area contributed by atoms with E-state index in [2.05, 4.69) is 20.8 Å². The molecule has 0 radical (unpaired) electrons. The predicted molar refractivity (Wildman–Crippen MR) is 155 cm³/mol. The van der Waals surface area contributed by atoms with E-state index in [1.807, 2.05) is 20.8 Å². The minimum atomic E-state index is -0.865. The third-order valence-corrected chi connectivity index (χ3v) is 7.64. The molecule has 234 valence electrons. The van der Waals surface area contributed by atoms with Crippen LogP contribution in [-0.2, 0) is 38.2 Å². The first-order chi connectivity index (χ1) is 18.9. The van der Waals surface area contributed by atoms with Gasteiger partial charge >= 0.3 is 24.1 Å². The zero-order valence-electron chi connectivity index (χ0n) is 26.7. The molecule has 0 fully saturated rings. The third kappa shape index (κ3) is 17.5. The summed E-state index contributed by atoms with van der Waals surface area (Å²) in [6, 6.07) is 0. The number of hydrogen-bond acceptors (Lipinski definition) is 8. The van der Waals surface area contributed by atoms with Gasteiger partial charge in [-0.2, -0.15) is 9.59 Å². The normalized spacial score (nSPS) is 12.1. The number of esters is 3. The maximum absolute atomic E-state index is 12.4. The van der Waals surface area contributed by atoms with Crippen molar-refractivity contribution in [1.29, 1.82) is 0 Å². The Bertz CT molecular complexity index is 704. The second kappa shape index (κ2) is 23.5. The molecule has 0 aliphatic rings. The molecule has 1 unspecified atom stereocenters. The fraction of sp³-hybridized carbons (Fsp3) is 0.875. The van der Waals surface area contributed by atoms with Crippen LogP contribution in [0.1, 0.15) is 139 Å². The van der Waals surface area contributed by atoms with Crippen molar-refractivity contribution in [3.63, 3.8) is 0 Å². The molecule has 8 heteroatoms. The van der Waals surface area contributed by atoms with Crippen LogP contribution in [0.15, 0.2) is 0 Å². The molecule has 0 heterocycles. The molecule has 40 heavy (non-hydrogen) atoms. The Kier molecular flexibility index (Phi) is 23.5. The maximum Gasteiger partial charge on any atom is 0.373 e. The molecule has 0 amide bonds. The zero-order chi connectivity index (χ0) is 31.0. The van der Waals surface area contributed by atoms with E-state index >= 15 is 0 Å². The van der Waals surface area contributed by atoms with Gasteiger partial charge in [0.1, 0.15) is 0 Å². The van der Waals surface area contributed by atoms with Crippen molar-refractivity contribution in [2.24, 2.45) is 22.7 Å². The Balaban J connectivity index is 0. The molecule has 0 rings (SSSR count). The monoisotopic (exact) mass is 570 g/mol. The van der Waals surface area contributed by atoms with Gasteiger partial charge in [0.25, 0.3) is 0 Å². The van der Waals surface area contributed by atoms with E-state index in [0.717, 1.165) is 38.5 Å². The van der Waals surface area contributed by atoms with Gasteiger partial charge in [0.2, 0.25) is 0 Å². The molecular weight excluding hydrogens is 512 g/mol. The van der Waals surface area contributed by atoms with Gasteiger partial charge in [-0.05, 0) is 50.9 Å². The van der Waals surface area contributed by atoms with E-state index < -0.39 is 23.3 Å². The molecule has 0 aromatic carbocycles. The van der Waals surface area contributed by atoms with Gasteiger partial charge in [-0.1, -0.05) is 98.8 Å². The number of rotatable bonds is 22. The first kappa shape index (κ1) is 39.9. The van der Waals surface area contributed by atoms with Crippen molar-refractivity contribution in [2.75, 3.05) is 19.8 Å². The fourth-order valence-electron chi connectivity index (χ4n) is 5.36. The Morgan fingerprint density at radius 2 is 0.850 bits per heavy atom. The fourth-order valence-corrected chi connectivity index (χ4v) is 5.36. The van der Waals surface area contributed by atoms with Gasteiger partial charge in [-0.15, -0.1) is 0 Å². The number of ether oxygens (including phenoxy) is 3. The molecule has 1 atom stereocenters. The van der Waals surface area contributed by atoms with Gasteiger partial charge in [0, 0.05) is 0 Å². The molecule has 0 aliphatic heterocycles. The quantitative estimate of drug-likeness (QED) is 0.0570. The Morgan fingerprint density at radius 1 is 0.550 bits per heavy atom. The largest absolute Gasteiger partial charge is 0.466 e. The SMILES string of the molecule is CCOC(=O)C(CC)C(C)(C)CCCCCCCCCCCCC(C)(C)C(C(=O)OCC)C(=O)OCC.O=C=O.